The van der Waals surface area contributed by atoms with Gasteiger partial charge in [0.25, 0.3) is 11.7 Å². The van der Waals surface area contributed by atoms with Crippen molar-refractivity contribution in [2.75, 3.05) is 48.3 Å². The Bertz CT molecular complexity index is 1410. The number of carbonyl (C=O) groups is 2. The Kier molecular flexibility index (Phi) is 7.36. The standard InChI is InChI=1S/C31H34ClN5O2/c1-21-18-22(2)33-28(19-21)37-16-14-36(15-17-37)27-11-10-25(20-26(27)32)34-30(39)29(38)31(13-12-23(3)35(31)4)24-8-6-5-7-9-24/h5-12,18-20H,13-17H2,1-4H3,(H,34,39). The Labute approximate surface area is 235 Å². The molecule has 5 rings (SSSR count). The fourth-order valence-electron chi connectivity index (χ4n) is 5.65. The summed E-state index contributed by atoms with van der Waals surface area (Å²) in [4.78, 5) is 38.1. The van der Waals surface area contributed by atoms with Crippen LogP contribution in [0.4, 0.5) is 17.2 Å². The first-order valence-corrected chi connectivity index (χ1v) is 13.6. The minimum absolute atomic E-state index is 0.439. The highest BCUT2D eigenvalue weighted by atomic mass is 35.5. The van der Waals surface area contributed by atoms with Crippen LogP contribution in [0, 0.1) is 13.8 Å². The number of rotatable bonds is 6. The van der Waals surface area contributed by atoms with E-state index in [1.807, 2.05) is 68.3 Å². The largest absolute Gasteiger partial charge is 0.367 e. The van der Waals surface area contributed by atoms with Crippen molar-refractivity contribution in [1.29, 1.82) is 0 Å². The quantitative estimate of drug-likeness (QED) is 0.424. The molecule has 2 aliphatic heterocycles. The molecule has 0 radical (unpaired) electrons. The van der Waals surface area contributed by atoms with Gasteiger partial charge in [-0.2, -0.15) is 0 Å². The number of hydrogen-bond donors (Lipinski definition) is 1. The fraction of sp³-hybridized carbons (Fsp3) is 0.323. The highest BCUT2D eigenvalue weighted by molar-refractivity contribution is 6.44. The number of amides is 1. The minimum atomic E-state index is -1.07. The summed E-state index contributed by atoms with van der Waals surface area (Å²) in [5.41, 5.74) is 4.32. The van der Waals surface area contributed by atoms with E-state index in [2.05, 4.69) is 34.2 Å². The monoisotopic (exact) mass is 543 g/mol. The molecule has 0 saturated carbocycles. The summed E-state index contributed by atoms with van der Waals surface area (Å²) in [5, 5.41) is 3.33. The molecule has 2 aromatic carbocycles. The molecule has 1 saturated heterocycles. The van der Waals surface area contributed by atoms with E-state index in [0.29, 0.717) is 17.1 Å². The molecular weight excluding hydrogens is 510 g/mol. The van der Waals surface area contributed by atoms with E-state index in [1.54, 1.807) is 12.1 Å². The summed E-state index contributed by atoms with van der Waals surface area (Å²) >= 11 is 6.69. The van der Waals surface area contributed by atoms with E-state index in [1.165, 1.54) is 5.56 Å². The number of carbonyl (C=O) groups excluding carboxylic acids is 2. The van der Waals surface area contributed by atoms with Crippen LogP contribution in [0.5, 0.6) is 0 Å². The summed E-state index contributed by atoms with van der Waals surface area (Å²) in [6.45, 7) is 9.34. The number of likely N-dealkylation sites (N-methyl/N-ethyl adjacent to an activating group) is 1. The van der Waals surface area contributed by atoms with Crippen molar-refractivity contribution in [1.82, 2.24) is 9.88 Å². The maximum Gasteiger partial charge on any atom is 0.294 e. The lowest BCUT2D eigenvalue weighted by Crippen LogP contribution is -2.50. The third kappa shape index (κ3) is 5.11. The third-order valence-corrected chi connectivity index (χ3v) is 8.16. The van der Waals surface area contributed by atoms with Crippen LogP contribution in [0.15, 0.2) is 72.4 Å². The van der Waals surface area contributed by atoms with Gasteiger partial charge in [-0.1, -0.05) is 48.0 Å². The van der Waals surface area contributed by atoms with Gasteiger partial charge in [0.05, 0.1) is 10.7 Å². The lowest BCUT2D eigenvalue weighted by Gasteiger charge is -2.37. The van der Waals surface area contributed by atoms with Gasteiger partial charge in [0.2, 0.25) is 0 Å². The van der Waals surface area contributed by atoms with Gasteiger partial charge in [0.1, 0.15) is 11.4 Å². The Morgan fingerprint density at radius 1 is 0.923 bits per heavy atom. The number of aryl methyl sites for hydroxylation is 2. The molecule has 2 aliphatic rings. The van der Waals surface area contributed by atoms with Gasteiger partial charge in [-0.05, 0) is 62.2 Å². The fourth-order valence-corrected chi connectivity index (χ4v) is 5.95. The van der Waals surface area contributed by atoms with Crippen LogP contribution in [0.1, 0.15) is 30.2 Å². The molecule has 1 fully saturated rings. The topological polar surface area (TPSA) is 68.8 Å². The lowest BCUT2D eigenvalue weighted by atomic mass is 9.82. The van der Waals surface area contributed by atoms with Crippen molar-refractivity contribution in [2.24, 2.45) is 0 Å². The molecule has 3 heterocycles. The second-order valence-electron chi connectivity index (χ2n) is 10.4. The van der Waals surface area contributed by atoms with Gasteiger partial charge in [-0.25, -0.2) is 4.98 Å². The van der Waals surface area contributed by atoms with Crippen molar-refractivity contribution in [3.63, 3.8) is 0 Å². The Hall–Kier alpha value is -3.84. The molecule has 0 spiro atoms. The van der Waals surface area contributed by atoms with Crippen LogP contribution in [0.3, 0.4) is 0 Å². The number of anilines is 3. The predicted molar refractivity (Wildman–Crippen MR) is 157 cm³/mol. The zero-order valence-corrected chi connectivity index (χ0v) is 23.6. The summed E-state index contributed by atoms with van der Waals surface area (Å²) in [7, 11) is 1.86. The first kappa shape index (κ1) is 26.8. The van der Waals surface area contributed by atoms with E-state index >= 15 is 0 Å². The molecule has 0 aliphatic carbocycles. The van der Waals surface area contributed by atoms with E-state index in [9.17, 15) is 9.59 Å². The number of nitrogens with zero attached hydrogens (tertiary/aromatic N) is 4. The highest BCUT2D eigenvalue weighted by Gasteiger charge is 2.49. The number of halogens is 1. The first-order valence-electron chi connectivity index (χ1n) is 13.3. The number of nitrogens with one attached hydrogen (secondary N) is 1. The third-order valence-electron chi connectivity index (χ3n) is 7.86. The van der Waals surface area contributed by atoms with Crippen molar-refractivity contribution in [2.45, 2.75) is 32.7 Å². The van der Waals surface area contributed by atoms with Crippen LogP contribution in [-0.4, -0.2) is 54.8 Å². The molecule has 7 nitrogen and oxygen atoms in total. The maximum atomic E-state index is 13.7. The minimum Gasteiger partial charge on any atom is -0.367 e. The van der Waals surface area contributed by atoms with Crippen molar-refractivity contribution < 1.29 is 9.59 Å². The highest BCUT2D eigenvalue weighted by Crippen LogP contribution is 2.41. The summed E-state index contributed by atoms with van der Waals surface area (Å²) in [6, 6.07) is 19.1. The van der Waals surface area contributed by atoms with Gasteiger partial charge in [-0.15, -0.1) is 0 Å². The Morgan fingerprint density at radius 3 is 2.23 bits per heavy atom. The summed E-state index contributed by atoms with van der Waals surface area (Å²) in [6.07, 6.45) is 2.44. The lowest BCUT2D eigenvalue weighted by molar-refractivity contribution is -0.141. The number of hydrogen-bond acceptors (Lipinski definition) is 6. The van der Waals surface area contributed by atoms with E-state index < -0.39 is 17.2 Å². The van der Waals surface area contributed by atoms with E-state index in [-0.39, 0.29) is 0 Å². The predicted octanol–water partition coefficient (Wildman–Crippen LogP) is 5.32. The normalized spacial score (nSPS) is 19.2. The number of Topliss-reactive ketones (excluding diaryl/α,β-unsaturated/α-hetero) is 1. The second-order valence-corrected chi connectivity index (χ2v) is 10.8. The van der Waals surface area contributed by atoms with Crippen molar-refractivity contribution in [3.05, 3.63) is 94.3 Å². The SMILES string of the molecule is CC1=CCC(C(=O)C(=O)Nc2ccc(N3CCN(c4cc(C)cc(C)n4)CC3)c(Cl)c2)(c2ccccc2)N1C. The number of pyridine rings is 1. The second kappa shape index (κ2) is 10.7. The summed E-state index contributed by atoms with van der Waals surface area (Å²) in [5.74, 6) is -0.152. The van der Waals surface area contributed by atoms with E-state index in [4.69, 9.17) is 16.6 Å². The number of benzene rings is 2. The first-order chi connectivity index (χ1) is 18.7. The Morgan fingerprint density at radius 2 is 1.62 bits per heavy atom. The van der Waals surface area contributed by atoms with Crippen LogP contribution in [-0.2, 0) is 15.1 Å². The zero-order chi connectivity index (χ0) is 27.7. The zero-order valence-electron chi connectivity index (χ0n) is 22.9. The number of allylic oxidation sites excluding steroid dienone is 1. The van der Waals surface area contributed by atoms with Gasteiger partial charge < -0.3 is 20.0 Å². The van der Waals surface area contributed by atoms with Crippen molar-refractivity contribution >= 4 is 40.5 Å². The van der Waals surface area contributed by atoms with Gasteiger partial charge in [0, 0.05) is 56.7 Å². The average molecular weight is 544 g/mol. The average Bonchev–Trinajstić information content (AvgIpc) is 3.23. The van der Waals surface area contributed by atoms with E-state index in [0.717, 1.165) is 54.6 Å². The van der Waals surface area contributed by atoms with Crippen LogP contribution >= 0.6 is 11.6 Å². The summed E-state index contributed by atoms with van der Waals surface area (Å²) < 4.78 is 0. The van der Waals surface area contributed by atoms with Gasteiger partial charge in [-0.3, -0.25) is 9.59 Å². The van der Waals surface area contributed by atoms with Crippen molar-refractivity contribution in [3.8, 4) is 0 Å². The van der Waals surface area contributed by atoms with Gasteiger partial charge in [0.15, 0.2) is 0 Å². The molecular formula is C31H34ClN5O2. The van der Waals surface area contributed by atoms with Crippen LogP contribution in [0.2, 0.25) is 5.02 Å². The molecule has 1 unspecified atom stereocenters. The molecule has 202 valence electrons. The molecule has 39 heavy (non-hydrogen) atoms. The Balaban J connectivity index is 1.28. The van der Waals surface area contributed by atoms with Gasteiger partial charge >= 0.3 is 0 Å². The van der Waals surface area contributed by atoms with Crippen LogP contribution < -0.4 is 15.1 Å². The molecule has 3 aromatic rings. The smallest absolute Gasteiger partial charge is 0.294 e. The van der Waals surface area contributed by atoms with Crippen LogP contribution in [0.25, 0.3) is 0 Å². The molecule has 1 aromatic heterocycles. The molecule has 0 bridgehead atoms. The molecule has 1 atom stereocenters. The number of aromatic nitrogens is 1. The molecule has 8 heteroatoms. The maximum absolute atomic E-state index is 13.7. The molecule has 1 N–H and O–H groups in total. The number of piperazine rings is 1. The number of ketones is 1. The molecule has 1 amide bonds.